The fraction of sp³-hybridized carbons (Fsp3) is 0.529. The minimum absolute atomic E-state index is 0.125. The van der Waals surface area contributed by atoms with Crippen LogP contribution in [0, 0.1) is 0 Å². The van der Waals surface area contributed by atoms with Crippen LogP contribution in [0.1, 0.15) is 23.4 Å². The van der Waals surface area contributed by atoms with Gasteiger partial charge in [-0.3, -0.25) is 0 Å². The molecular weight excluding hydrogens is 344 g/mol. The van der Waals surface area contributed by atoms with E-state index >= 15 is 0 Å². The van der Waals surface area contributed by atoms with Gasteiger partial charge in [-0.05, 0) is 44.6 Å². The Kier molecular flexibility index (Phi) is 5.71. The van der Waals surface area contributed by atoms with E-state index in [9.17, 15) is 0 Å². The van der Waals surface area contributed by atoms with E-state index < -0.39 is 0 Å². The summed E-state index contributed by atoms with van der Waals surface area (Å²) in [6, 6.07) is 7.87. The van der Waals surface area contributed by atoms with E-state index in [0.717, 1.165) is 54.2 Å². The summed E-state index contributed by atoms with van der Waals surface area (Å²) in [4.78, 5) is 2.30. The zero-order chi connectivity index (χ0) is 17.0. The Morgan fingerprint density at radius 3 is 2.58 bits per heavy atom. The smallest absolute Gasteiger partial charge is 0.205 e. The molecule has 130 valence electrons. The molecule has 0 spiro atoms. The van der Waals surface area contributed by atoms with Crippen molar-refractivity contribution < 1.29 is 4.74 Å². The molecule has 0 aliphatic carbocycles. The molecule has 0 unspecified atom stereocenters. The third kappa shape index (κ3) is 4.25. The van der Waals surface area contributed by atoms with Gasteiger partial charge in [0.25, 0.3) is 0 Å². The summed E-state index contributed by atoms with van der Waals surface area (Å²) in [5.41, 5.74) is 1.32. The highest BCUT2D eigenvalue weighted by Crippen LogP contribution is 2.27. The van der Waals surface area contributed by atoms with Gasteiger partial charge in [0.05, 0.1) is 0 Å². The number of ether oxygens (including phenoxy) is 1. The van der Waals surface area contributed by atoms with Gasteiger partial charge in [0.15, 0.2) is 0 Å². The van der Waals surface area contributed by atoms with Crippen LogP contribution < -0.4 is 5.32 Å². The first kappa shape index (κ1) is 17.6. The van der Waals surface area contributed by atoms with Crippen LogP contribution in [-0.4, -0.2) is 54.5 Å². The monoisotopic (exact) mass is 366 g/mol. The summed E-state index contributed by atoms with van der Waals surface area (Å²) < 4.78 is 5.52. The van der Waals surface area contributed by atoms with Crippen molar-refractivity contribution in [1.29, 1.82) is 0 Å². The van der Waals surface area contributed by atoms with E-state index in [1.807, 2.05) is 24.3 Å². The molecule has 2 aromatic rings. The number of rotatable bonds is 6. The molecule has 1 fully saturated rings. The molecule has 7 heteroatoms. The maximum absolute atomic E-state index is 5.92. The number of likely N-dealkylation sites (N-methyl/N-ethyl adjacent to an activating group) is 1. The van der Waals surface area contributed by atoms with E-state index in [0.29, 0.717) is 0 Å². The number of benzene rings is 1. The predicted octanol–water partition coefficient (Wildman–Crippen LogP) is 3.31. The van der Waals surface area contributed by atoms with Crippen LogP contribution in [0.3, 0.4) is 0 Å². The summed E-state index contributed by atoms with van der Waals surface area (Å²) >= 11 is 7.54. The van der Waals surface area contributed by atoms with Gasteiger partial charge < -0.3 is 15.0 Å². The zero-order valence-corrected chi connectivity index (χ0v) is 15.7. The van der Waals surface area contributed by atoms with Crippen molar-refractivity contribution in [3.8, 4) is 0 Å². The van der Waals surface area contributed by atoms with E-state index in [-0.39, 0.29) is 5.54 Å². The van der Waals surface area contributed by atoms with Crippen LogP contribution in [0.15, 0.2) is 24.3 Å². The minimum Gasteiger partial charge on any atom is -0.381 e. The standard InChI is InChI=1S/C17H23ClN4OS/c1-22(2)17(7-9-23-10-8-17)12-19-16-21-20-15(24-16)11-13-3-5-14(18)6-4-13/h3-6H,7-12H2,1-2H3,(H,19,21). The number of hydrogen-bond acceptors (Lipinski definition) is 6. The number of aromatic nitrogens is 2. The summed E-state index contributed by atoms with van der Waals surface area (Å²) in [6.45, 7) is 2.49. The van der Waals surface area contributed by atoms with E-state index in [4.69, 9.17) is 16.3 Å². The van der Waals surface area contributed by atoms with E-state index in [1.54, 1.807) is 11.3 Å². The van der Waals surface area contributed by atoms with Gasteiger partial charge in [-0.25, -0.2) is 0 Å². The van der Waals surface area contributed by atoms with Crippen LogP contribution in [0.2, 0.25) is 5.02 Å². The first-order chi connectivity index (χ1) is 11.6. The molecule has 1 aromatic carbocycles. The molecule has 1 aliphatic heterocycles. The van der Waals surface area contributed by atoms with Gasteiger partial charge in [-0.1, -0.05) is 35.1 Å². The summed E-state index contributed by atoms with van der Waals surface area (Å²) in [7, 11) is 4.28. The minimum atomic E-state index is 0.125. The third-order valence-corrected chi connectivity index (χ3v) is 5.81. The normalized spacial score (nSPS) is 17.2. The maximum atomic E-state index is 5.92. The Morgan fingerprint density at radius 2 is 1.92 bits per heavy atom. The number of nitrogens with one attached hydrogen (secondary N) is 1. The Hall–Kier alpha value is -1.21. The van der Waals surface area contributed by atoms with Gasteiger partial charge in [0, 0.05) is 36.7 Å². The lowest BCUT2D eigenvalue weighted by Gasteiger charge is -2.42. The topological polar surface area (TPSA) is 50.3 Å². The van der Waals surface area contributed by atoms with Crippen LogP contribution in [-0.2, 0) is 11.2 Å². The fourth-order valence-electron chi connectivity index (χ4n) is 2.95. The second kappa shape index (κ2) is 7.78. The summed E-state index contributed by atoms with van der Waals surface area (Å²) in [6.07, 6.45) is 2.84. The zero-order valence-electron chi connectivity index (χ0n) is 14.1. The Balaban J connectivity index is 1.60. The van der Waals surface area contributed by atoms with Crippen molar-refractivity contribution in [3.05, 3.63) is 39.9 Å². The Morgan fingerprint density at radius 1 is 1.21 bits per heavy atom. The molecule has 1 aliphatic rings. The molecule has 1 N–H and O–H groups in total. The first-order valence-electron chi connectivity index (χ1n) is 8.13. The highest BCUT2D eigenvalue weighted by molar-refractivity contribution is 7.15. The van der Waals surface area contributed by atoms with Crippen molar-refractivity contribution in [2.75, 3.05) is 39.2 Å². The maximum Gasteiger partial charge on any atom is 0.205 e. The largest absolute Gasteiger partial charge is 0.381 e. The lowest BCUT2D eigenvalue weighted by atomic mass is 9.89. The molecule has 0 radical (unpaired) electrons. The van der Waals surface area contributed by atoms with Gasteiger partial charge in [0.1, 0.15) is 5.01 Å². The van der Waals surface area contributed by atoms with Gasteiger partial charge >= 0.3 is 0 Å². The second-order valence-corrected chi connectivity index (χ2v) is 7.89. The Bertz CT molecular complexity index is 653. The molecule has 1 aromatic heterocycles. The molecular formula is C17H23ClN4OS. The first-order valence-corrected chi connectivity index (χ1v) is 9.33. The number of anilines is 1. The highest BCUT2D eigenvalue weighted by atomic mass is 35.5. The summed E-state index contributed by atoms with van der Waals surface area (Å²) in [5.74, 6) is 0. The van der Waals surface area contributed by atoms with Crippen LogP contribution in [0.5, 0.6) is 0 Å². The molecule has 0 bridgehead atoms. The van der Waals surface area contributed by atoms with Crippen molar-refractivity contribution in [2.24, 2.45) is 0 Å². The van der Waals surface area contributed by atoms with Crippen molar-refractivity contribution in [3.63, 3.8) is 0 Å². The average molecular weight is 367 g/mol. The molecule has 0 saturated carbocycles. The molecule has 5 nitrogen and oxygen atoms in total. The van der Waals surface area contributed by atoms with Crippen molar-refractivity contribution in [2.45, 2.75) is 24.8 Å². The van der Waals surface area contributed by atoms with E-state index in [2.05, 4.69) is 34.5 Å². The average Bonchev–Trinajstić information content (AvgIpc) is 3.03. The second-order valence-electron chi connectivity index (χ2n) is 6.39. The third-order valence-electron chi connectivity index (χ3n) is 4.68. The molecule has 0 amide bonds. The lowest BCUT2D eigenvalue weighted by molar-refractivity contribution is -0.000634. The lowest BCUT2D eigenvalue weighted by Crippen LogP contribution is -2.53. The quantitative estimate of drug-likeness (QED) is 0.850. The van der Waals surface area contributed by atoms with Crippen LogP contribution in [0.25, 0.3) is 0 Å². The highest BCUT2D eigenvalue weighted by Gasteiger charge is 2.34. The number of hydrogen-bond donors (Lipinski definition) is 1. The van der Waals surface area contributed by atoms with Gasteiger partial charge in [-0.15, -0.1) is 10.2 Å². The van der Waals surface area contributed by atoms with Crippen LogP contribution in [0.4, 0.5) is 5.13 Å². The van der Waals surface area contributed by atoms with E-state index in [1.165, 1.54) is 5.56 Å². The molecule has 1 saturated heterocycles. The van der Waals surface area contributed by atoms with Gasteiger partial charge in [-0.2, -0.15) is 0 Å². The SMILES string of the molecule is CN(C)C1(CNc2nnc(Cc3ccc(Cl)cc3)s2)CCOCC1. The summed E-state index contributed by atoms with van der Waals surface area (Å²) in [5, 5.41) is 14.7. The van der Waals surface area contributed by atoms with Gasteiger partial charge in [0.2, 0.25) is 5.13 Å². The van der Waals surface area contributed by atoms with Crippen molar-refractivity contribution >= 4 is 28.1 Å². The number of nitrogens with zero attached hydrogens (tertiary/aromatic N) is 3. The van der Waals surface area contributed by atoms with Crippen LogP contribution >= 0.6 is 22.9 Å². The molecule has 2 heterocycles. The number of halogens is 1. The predicted molar refractivity (Wildman–Crippen MR) is 99.1 cm³/mol. The molecule has 24 heavy (non-hydrogen) atoms. The van der Waals surface area contributed by atoms with Crippen molar-refractivity contribution in [1.82, 2.24) is 15.1 Å². The molecule has 3 rings (SSSR count). The Labute approximate surface area is 152 Å². The fourth-order valence-corrected chi connectivity index (χ4v) is 3.84. The molecule has 0 atom stereocenters.